The minimum atomic E-state index is -0.423. The van der Waals surface area contributed by atoms with Crippen LogP contribution in [0.25, 0.3) is 0 Å². The van der Waals surface area contributed by atoms with E-state index in [9.17, 15) is 9.59 Å². The highest BCUT2D eigenvalue weighted by Crippen LogP contribution is 2.25. The molecule has 6 nitrogen and oxygen atoms in total. The Bertz CT molecular complexity index is 852. The fraction of sp³-hybridized carbons (Fsp3) is 0.211. The topological polar surface area (TPSA) is 79.8 Å². The lowest BCUT2D eigenvalue weighted by Crippen LogP contribution is -2.26. The van der Waals surface area contributed by atoms with Gasteiger partial charge in [-0.2, -0.15) is 5.10 Å². The second-order valence-electron chi connectivity index (χ2n) is 5.83. The average molecular weight is 408 g/mol. The highest BCUT2D eigenvalue weighted by Gasteiger charge is 2.09. The van der Waals surface area contributed by atoms with E-state index in [1.165, 1.54) is 0 Å². The Hall–Kier alpha value is -2.57. The number of halogens is 2. The van der Waals surface area contributed by atoms with Gasteiger partial charge in [0.15, 0.2) is 6.61 Å². The zero-order valence-electron chi connectivity index (χ0n) is 14.9. The van der Waals surface area contributed by atoms with Gasteiger partial charge in [0.1, 0.15) is 5.75 Å². The molecule has 0 aliphatic heterocycles. The standard InChI is InChI=1S/C19H19Cl2N3O3/c1-12-3-6-15(7-4-12)27-11-19(26)24-23-13(2)9-18(25)22-17-10-14(20)5-8-16(17)21/h3-8,10H,9,11H2,1-2H3,(H,22,25)(H,24,26)/b23-13-. The molecule has 0 aromatic heterocycles. The molecule has 2 N–H and O–H groups in total. The Morgan fingerprint density at radius 2 is 1.78 bits per heavy atom. The van der Waals surface area contributed by atoms with Gasteiger partial charge in [0, 0.05) is 10.7 Å². The molecular formula is C19H19Cl2N3O3. The van der Waals surface area contributed by atoms with Crippen molar-refractivity contribution in [1.82, 2.24) is 5.43 Å². The van der Waals surface area contributed by atoms with Gasteiger partial charge >= 0.3 is 0 Å². The fourth-order valence-corrected chi connectivity index (χ4v) is 2.37. The molecule has 2 aromatic carbocycles. The van der Waals surface area contributed by atoms with Crippen LogP contribution >= 0.6 is 23.2 Å². The number of anilines is 1. The number of amides is 2. The Morgan fingerprint density at radius 3 is 2.48 bits per heavy atom. The van der Waals surface area contributed by atoms with Gasteiger partial charge in [-0.25, -0.2) is 5.43 Å². The molecule has 0 saturated heterocycles. The van der Waals surface area contributed by atoms with E-state index in [-0.39, 0.29) is 18.9 Å². The number of ether oxygens (including phenoxy) is 1. The van der Waals surface area contributed by atoms with E-state index in [2.05, 4.69) is 15.8 Å². The molecule has 0 atom stereocenters. The second-order valence-corrected chi connectivity index (χ2v) is 6.68. The molecule has 0 saturated carbocycles. The van der Waals surface area contributed by atoms with Gasteiger partial charge in [-0.3, -0.25) is 9.59 Å². The number of hydrazone groups is 1. The highest BCUT2D eigenvalue weighted by molar-refractivity contribution is 6.35. The van der Waals surface area contributed by atoms with Gasteiger partial charge in [-0.05, 0) is 44.2 Å². The van der Waals surface area contributed by atoms with Gasteiger partial charge in [0.25, 0.3) is 5.91 Å². The van der Waals surface area contributed by atoms with Gasteiger partial charge in [-0.1, -0.05) is 40.9 Å². The molecule has 27 heavy (non-hydrogen) atoms. The normalized spacial score (nSPS) is 11.0. The molecule has 142 valence electrons. The SMILES string of the molecule is C/C(CC(=O)Nc1cc(Cl)ccc1Cl)=N/NC(=O)COc1ccc(C)cc1. The van der Waals surface area contributed by atoms with E-state index in [1.54, 1.807) is 37.3 Å². The van der Waals surface area contributed by atoms with Crippen LogP contribution in [0.4, 0.5) is 5.69 Å². The van der Waals surface area contributed by atoms with E-state index < -0.39 is 5.91 Å². The molecule has 0 aliphatic rings. The Labute approximate surface area is 167 Å². The maximum absolute atomic E-state index is 12.0. The summed E-state index contributed by atoms with van der Waals surface area (Å²) in [6.45, 7) is 3.41. The number of hydrogen-bond donors (Lipinski definition) is 2. The van der Waals surface area contributed by atoms with Crippen molar-refractivity contribution < 1.29 is 14.3 Å². The summed E-state index contributed by atoms with van der Waals surface area (Å²) in [5.74, 6) is -0.159. The minimum absolute atomic E-state index is 0.0120. The molecule has 0 bridgehead atoms. The number of hydrogen-bond acceptors (Lipinski definition) is 4. The van der Waals surface area contributed by atoms with Crippen LogP contribution in [-0.4, -0.2) is 24.1 Å². The predicted octanol–water partition coefficient (Wildman–Crippen LogP) is 4.20. The van der Waals surface area contributed by atoms with Crippen LogP contribution in [-0.2, 0) is 9.59 Å². The van der Waals surface area contributed by atoms with Crippen molar-refractivity contribution in [2.24, 2.45) is 5.10 Å². The smallest absolute Gasteiger partial charge is 0.277 e. The van der Waals surface area contributed by atoms with Gasteiger partial charge in [0.05, 0.1) is 17.1 Å². The van der Waals surface area contributed by atoms with E-state index >= 15 is 0 Å². The van der Waals surface area contributed by atoms with Crippen molar-refractivity contribution in [3.63, 3.8) is 0 Å². The van der Waals surface area contributed by atoms with Crippen molar-refractivity contribution >= 4 is 46.4 Å². The fourth-order valence-electron chi connectivity index (χ4n) is 2.03. The molecule has 2 aromatic rings. The van der Waals surface area contributed by atoms with Crippen LogP contribution in [0, 0.1) is 6.92 Å². The maximum atomic E-state index is 12.0. The number of nitrogens with zero attached hydrogens (tertiary/aromatic N) is 1. The van der Waals surface area contributed by atoms with Crippen LogP contribution in [0.1, 0.15) is 18.9 Å². The number of carbonyl (C=O) groups excluding carboxylic acids is 2. The first kappa shape index (κ1) is 20.7. The van der Waals surface area contributed by atoms with Gasteiger partial charge in [-0.15, -0.1) is 0 Å². The lowest BCUT2D eigenvalue weighted by atomic mass is 10.2. The summed E-state index contributed by atoms with van der Waals surface area (Å²) in [6, 6.07) is 12.1. The highest BCUT2D eigenvalue weighted by atomic mass is 35.5. The Balaban J connectivity index is 1.78. The Morgan fingerprint density at radius 1 is 1.07 bits per heavy atom. The molecule has 0 spiro atoms. The van der Waals surface area contributed by atoms with Crippen LogP contribution in [0.3, 0.4) is 0 Å². The average Bonchev–Trinajstić information content (AvgIpc) is 2.62. The largest absolute Gasteiger partial charge is 0.484 e. The quantitative estimate of drug-likeness (QED) is 0.532. The van der Waals surface area contributed by atoms with Crippen molar-refractivity contribution in [3.8, 4) is 5.75 Å². The van der Waals surface area contributed by atoms with Crippen LogP contribution in [0.15, 0.2) is 47.6 Å². The summed E-state index contributed by atoms with van der Waals surface area (Å²) in [4.78, 5) is 23.8. The number of nitrogens with one attached hydrogen (secondary N) is 2. The monoisotopic (exact) mass is 407 g/mol. The first-order valence-electron chi connectivity index (χ1n) is 8.10. The minimum Gasteiger partial charge on any atom is -0.484 e. The van der Waals surface area contributed by atoms with Crippen molar-refractivity contribution in [3.05, 3.63) is 58.1 Å². The molecule has 2 amide bonds. The molecular weight excluding hydrogens is 389 g/mol. The number of benzene rings is 2. The molecule has 8 heteroatoms. The third kappa shape index (κ3) is 7.29. The Kier molecular flexibility index (Phi) is 7.64. The van der Waals surface area contributed by atoms with Gasteiger partial charge in [0.2, 0.25) is 5.91 Å². The summed E-state index contributed by atoms with van der Waals surface area (Å²) < 4.78 is 5.35. The first-order valence-corrected chi connectivity index (χ1v) is 8.85. The number of aryl methyl sites for hydroxylation is 1. The van der Waals surface area contributed by atoms with Crippen molar-refractivity contribution in [2.75, 3.05) is 11.9 Å². The molecule has 2 rings (SSSR count). The van der Waals surface area contributed by atoms with Crippen LogP contribution in [0.5, 0.6) is 5.75 Å². The predicted molar refractivity (Wildman–Crippen MR) is 108 cm³/mol. The maximum Gasteiger partial charge on any atom is 0.277 e. The van der Waals surface area contributed by atoms with Crippen LogP contribution < -0.4 is 15.5 Å². The lowest BCUT2D eigenvalue weighted by molar-refractivity contribution is -0.123. The van der Waals surface area contributed by atoms with E-state index in [0.717, 1.165) is 5.56 Å². The summed E-state index contributed by atoms with van der Waals surface area (Å²) in [6.07, 6.45) is -0.0120. The lowest BCUT2D eigenvalue weighted by Gasteiger charge is -2.08. The van der Waals surface area contributed by atoms with E-state index in [1.807, 2.05) is 19.1 Å². The number of carbonyl (C=O) groups is 2. The summed E-state index contributed by atoms with van der Waals surface area (Å²) in [5, 5.41) is 7.37. The van der Waals surface area contributed by atoms with E-state index in [0.29, 0.717) is 27.2 Å². The van der Waals surface area contributed by atoms with E-state index in [4.69, 9.17) is 27.9 Å². The number of rotatable bonds is 7. The zero-order valence-corrected chi connectivity index (χ0v) is 16.4. The summed E-state index contributed by atoms with van der Waals surface area (Å²) in [5.41, 5.74) is 4.29. The molecule has 0 radical (unpaired) electrons. The van der Waals surface area contributed by atoms with Crippen LogP contribution in [0.2, 0.25) is 10.0 Å². The molecule has 0 aliphatic carbocycles. The van der Waals surface area contributed by atoms with Gasteiger partial charge < -0.3 is 10.1 Å². The molecule has 0 heterocycles. The molecule has 0 unspecified atom stereocenters. The summed E-state index contributed by atoms with van der Waals surface area (Å²) >= 11 is 11.9. The first-order chi connectivity index (χ1) is 12.8. The zero-order chi connectivity index (χ0) is 19.8. The third-order valence-corrected chi connectivity index (χ3v) is 3.95. The summed E-state index contributed by atoms with van der Waals surface area (Å²) in [7, 11) is 0. The van der Waals surface area contributed by atoms with Crippen molar-refractivity contribution in [1.29, 1.82) is 0 Å². The van der Waals surface area contributed by atoms with Crippen molar-refractivity contribution in [2.45, 2.75) is 20.3 Å². The second kappa shape index (κ2) is 9.94. The third-order valence-electron chi connectivity index (χ3n) is 3.38. The molecule has 0 fully saturated rings.